The summed E-state index contributed by atoms with van der Waals surface area (Å²) in [7, 11) is 1.45. The summed E-state index contributed by atoms with van der Waals surface area (Å²) < 4.78 is 39.2. The van der Waals surface area contributed by atoms with E-state index in [0.29, 0.717) is 6.42 Å². The summed E-state index contributed by atoms with van der Waals surface area (Å²) in [5.41, 5.74) is 0. The molecule has 96 valence electrons. The molecular formula is C9H16F3NO3. The van der Waals surface area contributed by atoms with E-state index in [2.05, 4.69) is 4.74 Å². The number of likely N-dealkylation sites (N-methyl/N-ethyl adjacent to an activating group) is 1. The Labute approximate surface area is 92.0 Å². The van der Waals surface area contributed by atoms with Gasteiger partial charge in [0.1, 0.15) is 13.2 Å². The smallest absolute Gasteiger partial charge is 0.393 e. The van der Waals surface area contributed by atoms with Crippen LogP contribution in [0.25, 0.3) is 0 Å². The van der Waals surface area contributed by atoms with Crippen molar-refractivity contribution in [3.05, 3.63) is 0 Å². The van der Waals surface area contributed by atoms with Gasteiger partial charge < -0.3 is 14.7 Å². The Morgan fingerprint density at radius 2 is 2.06 bits per heavy atom. The molecule has 0 aliphatic heterocycles. The van der Waals surface area contributed by atoms with Gasteiger partial charge in [-0.25, -0.2) is 0 Å². The predicted octanol–water partition coefficient (Wildman–Crippen LogP) is 0.795. The third-order valence-corrected chi connectivity index (χ3v) is 1.80. The Hall–Kier alpha value is -0.820. The van der Waals surface area contributed by atoms with Crippen LogP contribution in [0, 0.1) is 0 Å². The molecule has 1 N–H and O–H groups in total. The second-order valence-electron chi connectivity index (χ2n) is 3.56. The predicted molar refractivity (Wildman–Crippen MR) is 50.8 cm³/mol. The summed E-state index contributed by atoms with van der Waals surface area (Å²) in [6, 6.07) is 0. The highest BCUT2D eigenvalue weighted by Crippen LogP contribution is 2.14. The first-order chi connectivity index (χ1) is 7.22. The number of nitrogens with zero attached hydrogens (tertiary/aromatic N) is 1. The van der Waals surface area contributed by atoms with E-state index in [4.69, 9.17) is 5.11 Å². The van der Waals surface area contributed by atoms with Crippen molar-refractivity contribution < 1.29 is 27.8 Å². The first kappa shape index (κ1) is 15.2. The van der Waals surface area contributed by atoms with E-state index < -0.39 is 31.4 Å². The van der Waals surface area contributed by atoms with E-state index in [9.17, 15) is 18.0 Å². The molecule has 0 rings (SSSR count). The number of rotatable bonds is 6. The lowest BCUT2D eigenvalue weighted by atomic mass is 10.3. The van der Waals surface area contributed by atoms with E-state index in [1.807, 2.05) is 0 Å². The third-order valence-electron chi connectivity index (χ3n) is 1.80. The SMILES string of the molecule is CC(O)CCN(C)C(=O)COCC(F)(F)F. The van der Waals surface area contributed by atoms with Gasteiger partial charge >= 0.3 is 6.18 Å². The molecule has 0 radical (unpaired) electrons. The molecular weight excluding hydrogens is 227 g/mol. The number of ether oxygens (including phenoxy) is 1. The molecule has 0 saturated carbocycles. The topological polar surface area (TPSA) is 49.8 Å². The third kappa shape index (κ3) is 8.49. The average molecular weight is 243 g/mol. The van der Waals surface area contributed by atoms with Gasteiger partial charge in [0.05, 0.1) is 6.10 Å². The summed E-state index contributed by atoms with van der Waals surface area (Å²) in [4.78, 5) is 12.4. The summed E-state index contributed by atoms with van der Waals surface area (Å²) in [6.45, 7) is -0.177. The number of amides is 1. The molecule has 1 unspecified atom stereocenters. The van der Waals surface area contributed by atoms with Crippen LogP contribution >= 0.6 is 0 Å². The lowest BCUT2D eigenvalue weighted by Gasteiger charge is -2.18. The molecule has 0 bridgehead atoms. The fourth-order valence-corrected chi connectivity index (χ4v) is 0.869. The molecule has 0 aromatic carbocycles. The zero-order valence-electron chi connectivity index (χ0n) is 9.25. The number of hydrogen-bond donors (Lipinski definition) is 1. The van der Waals surface area contributed by atoms with E-state index >= 15 is 0 Å². The van der Waals surface area contributed by atoms with Crippen LogP contribution in [0.2, 0.25) is 0 Å². The first-order valence-electron chi connectivity index (χ1n) is 4.79. The number of halogens is 3. The number of aliphatic hydroxyl groups is 1. The molecule has 16 heavy (non-hydrogen) atoms. The largest absolute Gasteiger partial charge is 0.411 e. The Kier molecular flexibility index (Phi) is 6.35. The molecule has 7 heteroatoms. The lowest BCUT2D eigenvalue weighted by molar-refractivity contribution is -0.177. The van der Waals surface area contributed by atoms with Crippen molar-refractivity contribution in [3.63, 3.8) is 0 Å². The van der Waals surface area contributed by atoms with Crippen molar-refractivity contribution >= 4 is 5.91 Å². The second-order valence-corrected chi connectivity index (χ2v) is 3.56. The molecule has 1 atom stereocenters. The van der Waals surface area contributed by atoms with Gasteiger partial charge in [0.15, 0.2) is 0 Å². The maximum Gasteiger partial charge on any atom is 0.411 e. The number of aliphatic hydroxyl groups excluding tert-OH is 1. The Morgan fingerprint density at radius 3 is 2.50 bits per heavy atom. The number of hydrogen-bond acceptors (Lipinski definition) is 3. The molecule has 0 aliphatic rings. The van der Waals surface area contributed by atoms with Crippen molar-refractivity contribution in [1.82, 2.24) is 4.90 Å². The van der Waals surface area contributed by atoms with Gasteiger partial charge in [-0.3, -0.25) is 4.79 Å². The van der Waals surface area contributed by atoms with Crippen LogP contribution in [0.15, 0.2) is 0 Å². The molecule has 0 spiro atoms. The van der Waals surface area contributed by atoms with Crippen LogP contribution in [0.3, 0.4) is 0 Å². The monoisotopic (exact) mass is 243 g/mol. The van der Waals surface area contributed by atoms with Crippen LogP contribution < -0.4 is 0 Å². The lowest BCUT2D eigenvalue weighted by Crippen LogP contribution is -2.33. The van der Waals surface area contributed by atoms with Crippen molar-refractivity contribution in [2.75, 3.05) is 26.8 Å². The molecule has 0 fully saturated rings. The molecule has 0 saturated heterocycles. The summed E-state index contributed by atoms with van der Waals surface area (Å²) >= 11 is 0. The van der Waals surface area contributed by atoms with Crippen molar-refractivity contribution in [3.8, 4) is 0 Å². The van der Waals surface area contributed by atoms with Gasteiger partial charge in [-0.05, 0) is 13.3 Å². The maximum absolute atomic E-state index is 11.7. The van der Waals surface area contributed by atoms with Crippen molar-refractivity contribution in [2.24, 2.45) is 0 Å². The van der Waals surface area contributed by atoms with E-state index in [0.717, 1.165) is 0 Å². The number of carbonyl (C=O) groups excluding carboxylic acids is 1. The second kappa shape index (κ2) is 6.70. The highest BCUT2D eigenvalue weighted by Gasteiger charge is 2.28. The molecule has 0 aliphatic carbocycles. The van der Waals surface area contributed by atoms with Gasteiger partial charge in [0.2, 0.25) is 5.91 Å². The fourth-order valence-electron chi connectivity index (χ4n) is 0.869. The maximum atomic E-state index is 11.7. The zero-order valence-corrected chi connectivity index (χ0v) is 9.25. The van der Waals surface area contributed by atoms with E-state index in [1.165, 1.54) is 11.9 Å². The first-order valence-corrected chi connectivity index (χ1v) is 4.79. The molecule has 0 aromatic rings. The van der Waals surface area contributed by atoms with Gasteiger partial charge in [0.25, 0.3) is 0 Å². The summed E-state index contributed by atoms with van der Waals surface area (Å²) in [5, 5.41) is 8.95. The van der Waals surface area contributed by atoms with Gasteiger partial charge in [-0.2, -0.15) is 13.2 Å². The number of alkyl halides is 3. The molecule has 0 aromatic heterocycles. The van der Waals surface area contributed by atoms with Gasteiger partial charge in [0, 0.05) is 13.6 Å². The van der Waals surface area contributed by atoms with Crippen molar-refractivity contribution in [2.45, 2.75) is 25.6 Å². The summed E-state index contributed by atoms with van der Waals surface area (Å²) in [6.07, 6.45) is -4.59. The molecule has 4 nitrogen and oxygen atoms in total. The van der Waals surface area contributed by atoms with Crippen molar-refractivity contribution in [1.29, 1.82) is 0 Å². The Morgan fingerprint density at radius 1 is 1.50 bits per heavy atom. The van der Waals surface area contributed by atoms with Crippen LogP contribution in [0.4, 0.5) is 13.2 Å². The molecule has 1 amide bonds. The van der Waals surface area contributed by atoms with Crippen LogP contribution in [-0.4, -0.2) is 55.0 Å². The molecule has 0 heterocycles. The Balaban J connectivity index is 3.71. The van der Waals surface area contributed by atoms with Crippen LogP contribution in [0.1, 0.15) is 13.3 Å². The van der Waals surface area contributed by atoms with Gasteiger partial charge in [-0.15, -0.1) is 0 Å². The highest BCUT2D eigenvalue weighted by atomic mass is 19.4. The van der Waals surface area contributed by atoms with Crippen LogP contribution in [-0.2, 0) is 9.53 Å². The normalized spacial score (nSPS) is 13.6. The van der Waals surface area contributed by atoms with E-state index in [1.54, 1.807) is 6.92 Å². The minimum atomic E-state index is -4.42. The minimum Gasteiger partial charge on any atom is -0.393 e. The average Bonchev–Trinajstić information content (AvgIpc) is 2.11. The van der Waals surface area contributed by atoms with E-state index in [-0.39, 0.29) is 6.54 Å². The van der Waals surface area contributed by atoms with Crippen LogP contribution in [0.5, 0.6) is 0 Å². The Bertz CT molecular complexity index is 219. The minimum absolute atomic E-state index is 0.284. The standard InChI is InChI=1S/C9H16F3NO3/c1-7(14)3-4-13(2)8(15)5-16-6-9(10,11)12/h7,14H,3-6H2,1-2H3. The highest BCUT2D eigenvalue weighted by molar-refractivity contribution is 5.77. The number of carbonyl (C=O) groups is 1. The summed E-state index contributed by atoms with van der Waals surface area (Å²) in [5.74, 6) is -0.537. The fraction of sp³-hybridized carbons (Fsp3) is 0.889. The van der Waals surface area contributed by atoms with Gasteiger partial charge in [-0.1, -0.05) is 0 Å². The zero-order chi connectivity index (χ0) is 12.8. The quantitative estimate of drug-likeness (QED) is 0.750.